The zero-order chi connectivity index (χ0) is 12.7. The number of benzene rings is 1. The molecule has 0 aliphatic rings. The second-order valence-corrected chi connectivity index (χ2v) is 4.10. The van der Waals surface area contributed by atoms with Gasteiger partial charge in [-0.3, -0.25) is 0 Å². The van der Waals surface area contributed by atoms with Gasteiger partial charge in [0.2, 0.25) is 0 Å². The van der Waals surface area contributed by atoms with Crippen LogP contribution in [0.5, 0.6) is 0 Å². The number of likely N-dealkylation sites (N-methyl/N-ethyl adjacent to an activating group) is 1. The second-order valence-electron chi connectivity index (χ2n) is 4.10. The predicted molar refractivity (Wildman–Crippen MR) is 67.1 cm³/mol. The first-order chi connectivity index (χ1) is 8.17. The summed E-state index contributed by atoms with van der Waals surface area (Å²) >= 11 is 0. The van der Waals surface area contributed by atoms with Crippen molar-refractivity contribution in [1.29, 1.82) is 0 Å². The largest absolute Gasteiger partial charge is 0.395 e. The molecular formula is C13H21FN2O. The van der Waals surface area contributed by atoms with Crippen LogP contribution in [-0.4, -0.2) is 36.2 Å². The average Bonchev–Trinajstić information content (AvgIpc) is 2.35. The van der Waals surface area contributed by atoms with E-state index in [0.29, 0.717) is 6.54 Å². The molecule has 0 spiro atoms. The van der Waals surface area contributed by atoms with Crippen molar-refractivity contribution in [2.45, 2.75) is 19.4 Å². The van der Waals surface area contributed by atoms with Gasteiger partial charge in [-0.05, 0) is 30.7 Å². The van der Waals surface area contributed by atoms with Crippen LogP contribution in [0.25, 0.3) is 0 Å². The smallest absolute Gasteiger partial charge is 0.123 e. The Morgan fingerprint density at radius 3 is 2.47 bits per heavy atom. The molecule has 0 saturated carbocycles. The minimum absolute atomic E-state index is 0.0802. The number of aliphatic hydroxyl groups is 1. The Kier molecular flexibility index (Phi) is 6.11. The standard InChI is InChI=1S/C13H21FN2O/c1-2-16(9-10-17)8-7-13(15)11-3-5-12(14)6-4-11/h3-6,13,17H,2,7-10,15H2,1H3. The number of hydrogen-bond acceptors (Lipinski definition) is 3. The lowest BCUT2D eigenvalue weighted by Crippen LogP contribution is -2.29. The van der Waals surface area contributed by atoms with Crippen LogP contribution in [-0.2, 0) is 0 Å². The summed E-state index contributed by atoms with van der Waals surface area (Å²) < 4.78 is 12.7. The monoisotopic (exact) mass is 240 g/mol. The van der Waals surface area contributed by atoms with Gasteiger partial charge in [-0.1, -0.05) is 19.1 Å². The summed E-state index contributed by atoms with van der Waals surface area (Å²) in [6, 6.07) is 6.23. The lowest BCUT2D eigenvalue weighted by atomic mass is 10.0. The molecule has 0 aliphatic heterocycles. The van der Waals surface area contributed by atoms with Crippen LogP contribution in [0.2, 0.25) is 0 Å². The molecule has 1 aromatic rings. The Hall–Kier alpha value is -0.970. The topological polar surface area (TPSA) is 49.5 Å². The van der Waals surface area contributed by atoms with Crippen LogP contribution < -0.4 is 5.73 Å². The number of nitrogens with zero attached hydrogens (tertiary/aromatic N) is 1. The van der Waals surface area contributed by atoms with Crippen molar-refractivity contribution in [3.05, 3.63) is 35.6 Å². The van der Waals surface area contributed by atoms with Gasteiger partial charge in [-0.2, -0.15) is 0 Å². The maximum absolute atomic E-state index is 12.7. The summed E-state index contributed by atoms with van der Waals surface area (Å²) in [4.78, 5) is 2.14. The highest BCUT2D eigenvalue weighted by molar-refractivity contribution is 5.19. The van der Waals surface area contributed by atoms with Crippen LogP contribution in [0.15, 0.2) is 24.3 Å². The summed E-state index contributed by atoms with van der Waals surface area (Å²) in [5, 5.41) is 8.87. The van der Waals surface area contributed by atoms with Gasteiger partial charge in [0.05, 0.1) is 6.61 Å². The van der Waals surface area contributed by atoms with Crippen molar-refractivity contribution in [3.8, 4) is 0 Å². The lowest BCUT2D eigenvalue weighted by Gasteiger charge is -2.21. The predicted octanol–water partition coefficient (Wildman–Crippen LogP) is 1.53. The Morgan fingerprint density at radius 1 is 1.29 bits per heavy atom. The van der Waals surface area contributed by atoms with Crippen molar-refractivity contribution in [2.75, 3.05) is 26.2 Å². The van der Waals surface area contributed by atoms with Crippen LogP contribution in [0.3, 0.4) is 0 Å². The molecule has 0 amide bonds. The highest BCUT2D eigenvalue weighted by Crippen LogP contribution is 2.14. The zero-order valence-corrected chi connectivity index (χ0v) is 10.3. The molecule has 0 saturated heterocycles. The van der Waals surface area contributed by atoms with Gasteiger partial charge >= 0.3 is 0 Å². The minimum Gasteiger partial charge on any atom is -0.395 e. The first-order valence-electron chi connectivity index (χ1n) is 6.01. The van der Waals surface area contributed by atoms with Gasteiger partial charge in [0.25, 0.3) is 0 Å². The highest BCUT2D eigenvalue weighted by atomic mass is 19.1. The normalized spacial score (nSPS) is 13.0. The molecule has 1 unspecified atom stereocenters. The summed E-state index contributed by atoms with van der Waals surface area (Å²) in [5.41, 5.74) is 6.98. The Morgan fingerprint density at radius 2 is 1.94 bits per heavy atom. The van der Waals surface area contributed by atoms with E-state index < -0.39 is 0 Å². The quantitative estimate of drug-likeness (QED) is 0.760. The van der Waals surface area contributed by atoms with E-state index in [2.05, 4.69) is 11.8 Å². The molecule has 17 heavy (non-hydrogen) atoms. The molecule has 0 radical (unpaired) electrons. The highest BCUT2D eigenvalue weighted by Gasteiger charge is 2.08. The van der Waals surface area contributed by atoms with E-state index in [1.54, 1.807) is 12.1 Å². The van der Waals surface area contributed by atoms with Crippen molar-refractivity contribution in [1.82, 2.24) is 4.90 Å². The summed E-state index contributed by atoms with van der Waals surface area (Å²) in [7, 11) is 0. The number of hydrogen-bond donors (Lipinski definition) is 2. The minimum atomic E-state index is -0.239. The number of aliphatic hydroxyl groups excluding tert-OH is 1. The Balaban J connectivity index is 2.43. The third-order valence-electron chi connectivity index (χ3n) is 2.92. The third kappa shape index (κ3) is 4.81. The molecule has 0 aromatic heterocycles. The molecule has 0 bridgehead atoms. The van der Waals surface area contributed by atoms with Crippen molar-refractivity contribution >= 4 is 0 Å². The van der Waals surface area contributed by atoms with Crippen molar-refractivity contribution < 1.29 is 9.50 Å². The second kappa shape index (κ2) is 7.37. The van der Waals surface area contributed by atoms with Gasteiger partial charge in [-0.25, -0.2) is 4.39 Å². The summed E-state index contributed by atoms with van der Waals surface area (Å²) in [5.74, 6) is -0.239. The van der Waals surface area contributed by atoms with Gasteiger partial charge in [-0.15, -0.1) is 0 Å². The van der Waals surface area contributed by atoms with Crippen LogP contribution in [0.1, 0.15) is 24.9 Å². The summed E-state index contributed by atoms with van der Waals surface area (Å²) in [6.45, 7) is 4.64. The number of rotatable bonds is 7. The van der Waals surface area contributed by atoms with E-state index in [4.69, 9.17) is 10.8 Å². The van der Waals surface area contributed by atoms with Crippen LogP contribution in [0.4, 0.5) is 4.39 Å². The average molecular weight is 240 g/mol. The lowest BCUT2D eigenvalue weighted by molar-refractivity contribution is 0.198. The van der Waals surface area contributed by atoms with Gasteiger partial charge in [0, 0.05) is 19.1 Å². The number of nitrogens with two attached hydrogens (primary N) is 1. The molecule has 96 valence electrons. The van der Waals surface area contributed by atoms with E-state index in [-0.39, 0.29) is 18.5 Å². The molecule has 3 N–H and O–H groups in total. The maximum atomic E-state index is 12.7. The molecule has 3 nitrogen and oxygen atoms in total. The van der Waals surface area contributed by atoms with Gasteiger partial charge in [0.1, 0.15) is 5.82 Å². The molecule has 0 heterocycles. The van der Waals surface area contributed by atoms with Crippen LogP contribution in [0, 0.1) is 5.82 Å². The number of halogens is 1. The Bertz CT molecular complexity index is 316. The van der Waals surface area contributed by atoms with Crippen LogP contribution >= 0.6 is 0 Å². The molecule has 1 rings (SSSR count). The third-order valence-corrected chi connectivity index (χ3v) is 2.92. The summed E-state index contributed by atoms with van der Waals surface area (Å²) in [6.07, 6.45) is 0.805. The fourth-order valence-corrected chi connectivity index (χ4v) is 1.77. The van der Waals surface area contributed by atoms with E-state index in [9.17, 15) is 4.39 Å². The zero-order valence-electron chi connectivity index (χ0n) is 10.3. The fourth-order valence-electron chi connectivity index (χ4n) is 1.77. The van der Waals surface area contributed by atoms with E-state index in [1.165, 1.54) is 12.1 Å². The molecule has 4 heteroatoms. The molecule has 1 aromatic carbocycles. The Labute approximate surface area is 102 Å². The van der Waals surface area contributed by atoms with E-state index in [1.807, 2.05) is 0 Å². The fraction of sp³-hybridized carbons (Fsp3) is 0.538. The first-order valence-corrected chi connectivity index (χ1v) is 6.01. The molecule has 0 fully saturated rings. The van der Waals surface area contributed by atoms with Gasteiger partial charge in [0.15, 0.2) is 0 Å². The molecule has 1 atom stereocenters. The first kappa shape index (κ1) is 14.1. The van der Waals surface area contributed by atoms with E-state index in [0.717, 1.165) is 25.1 Å². The molecule has 0 aliphatic carbocycles. The van der Waals surface area contributed by atoms with Gasteiger partial charge < -0.3 is 15.7 Å². The van der Waals surface area contributed by atoms with Crippen molar-refractivity contribution in [2.24, 2.45) is 5.73 Å². The SMILES string of the molecule is CCN(CCO)CCC(N)c1ccc(F)cc1. The van der Waals surface area contributed by atoms with E-state index >= 15 is 0 Å². The maximum Gasteiger partial charge on any atom is 0.123 e. The van der Waals surface area contributed by atoms with Crippen molar-refractivity contribution in [3.63, 3.8) is 0 Å². The molecular weight excluding hydrogens is 219 g/mol.